The molecule has 0 N–H and O–H groups in total. The van der Waals surface area contributed by atoms with Gasteiger partial charge in [-0.15, -0.1) is 0 Å². The van der Waals surface area contributed by atoms with Crippen LogP contribution in [-0.2, 0) is 6.54 Å². The Morgan fingerprint density at radius 2 is 2.05 bits per heavy atom. The van der Waals surface area contributed by atoms with Gasteiger partial charge in [-0.3, -0.25) is 23.9 Å². The number of likely N-dealkylation sites (tertiary alicyclic amines) is 1. The van der Waals surface area contributed by atoms with Crippen LogP contribution in [-0.4, -0.2) is 59.2 Å². The highest BCUT2D eigenvalue weighted by Gasteiger charge is 2.38. The quantitative estimate of drug-likeness (QED) is 0.267. The summed E-state index contributed by atoms with van der Waals surface area (Å²) in [6, 6.07) is 7.98. The van der Waals surface area contributed by atoms with E-state index in [1.165, 1.54) is 12.3 Å². The lowest BCUT2D eigenvalue weighted by molar-refractivity contribution is 0.0790. The fourth-order valence-corrected chi connectivity index (χ4v) is 5.32. The van der Waals surface area contributed by atoms with E-state index < -0.39 is 12.1 Å². The van der Waals surface area contributed by atoms with Crippen molar-refractivity contribution in [3.63, 3.8) is 0 Å². The zero-order valence-corrected chi connectivity index (χ0v) is 23.5. The van der Waals surface area contributed by atoms with E-state index in [9.17, 15) is 19.2 Å². The molecule has 0 aromatic carbocycles. The van der Waals surface area contributed by atoms with Gasteiger partial charge in [0, 0.05) is 45.6 Å². The van der Waals surface area contributed by atoms with Crippen LogP contribution in [0, 0.1) is 23.7 Å². The first-order valence-electron chi connectivity index (χ1n) is 13.8. The number of hydrogen-bond donors (Lipinski definition) is 0. The molecule has 0 spiro atoms. The van der Waals surface area contributed by atoms with Gasteiger partial charge in [-0.25, -0.2) is 4.39 Å². The number of alkyl halides is 1. The van der Waals surface area contributed by atoms with Gasteiger partial charge in [-0.1, -0.05) is 44.9 Å². The summed E-state index contributed by atoms with van der Waals surface area (Å²) in [5.74, 6) is -0.263. The van der Waals surface area contributed by atoms with Crippen LogP contribution in [0.15, 0.2) is 59.1 Å². The molecule has 1 aliphatic rings. The number of pyridine rings is 2. The molecule has 0 saturated carbocycles. The van der Waals surface area contributed by atoms with Gasteiger partial charge < -0.3 is 4.90 Å². The molecule has 7 nitrogen and oxygen atoms in total. The predicted octanol–water partition coefficient (Wildman–Crippen LogP) is 5.48. The van der Waals surface area contributed by atoms with Crippen LogP contribution in [0.3, 0.4) is 0 Å². The summed E-state index contributed by atoms with van der Waals surface area (Å²) in [4.78, 5) is 34.9. The molecule has 0 unspecified atom stereocenters. The zero-order valence-electron chi connectivity index (χ0n) is 23.5. The minimum atomic E-state index is -0.816. The smallest absolute Gasteiger partial charge is 0.267 e. The molecule has 3 rings (SSSR count). The number of nitrogens with zero attached hydrogens (tertiary/aromatic N) is 5. The van der Waals surface area contributed by atoms with E-state index in [0.29, 0.717) is 44.7 Å². The second-order valence-electron chi connectivity index (χ2n) is 10.3. The molecule has 2 aromatic heterocycles. The number of allylic oxidation sites excluding steroid dienone is 2. The highest BCUT2D eigenvalue weighted by atomic mass is 19.1. The Morgan fingerprint density at radius 3 is 2.69 bits per heavy atom. The van der Waals surface area contributed by atoms with E-state index in [-0.39, 0.29) is 17.0 Å². The molecule has 39 heavy (non-hydrogen) atoms. The monoisotopic (exact) mass is 533 g/mol. The fourth-order valence-electron chi connectivity index (χ4n) is 5.32. The molecule has 1 fully saturated rings. The van der Waals surface area contributed by atoms with E-state index >= 15 is 0 Å². The number of amides is 1. The molecule has 3 heterocycles. The van der Waals surface area contributed by atoms with Gasteiger partial charge in [0.05, 0.1) is 17.3 Å². The first kappa shape index (κ1) is 30.0. The van der Waals surface area contributed by atoms with Crippen LogP contribution < -0.4 is 5.56 Å². The number of hydrogen-bond acceptors (Lipinski definition) is 5. The van der Waals surface area contributed by atoms with Gasteiger partial charge in [0.1, 0.15) is 17.7 Å². The Balaban J connectivity index is 1.89. The molecule has 208 valence electrons. The number of carbonyl (C=O) groups is 1. The summed E-state index contributed by atoms with van der Waals surface area (Å²) in [5.41, 5.74) is 2.24. The lowest BCUT2D eigenvalue weighted by atomic mass is 9.75. The highest BCUT2D eigenvalue weighted by Crippen LogP contribution is 2.34. The molecular weight excluding hydrogens is 493 g/mol. The van der Waals surface area contributed by atoms with E-state index in [1.54, 1.807) is 34.7 Å². The third-order valence-electron chi connectivity index (χ3n) is 7.59. The molecule has 0 atom stereocenters. The number of aryl methyl sites for hydroxylation is 1. The minimum absolute atomic E-state index is 0.172. The third kappa shape index (κ3) is 6.90. The number of rotatable bonds is 12. The summed E-state index contributed by atoms with van der Waals surface area (Å²) >= 11 is 0. The van der Waals surface area contributed by atoms with Gasteiger partial charge in [-0.05, 0) is 55.5 Å². The second kappa shape index (κ2) is 14.0. The lowest BCUT2D eigenvalue weighted by Gasteiger charge is -2.37. The van der Waals surface area contributed by atoms with Gasteiger partial charge in [0.2, 0.25) is 0 Å². The number of fused-ring (bicyclic) bond motifs is 1. The van der Waals surface area contributed by atoms with Crippen LogP contribution in [0.2, 0.25) is 0 Å². The summed E-state index contributed by atoms with van der Waals surface area (Å²) in [6.07, 6.45) is 11.3. The largest absolute Gasteiger partial charge is 0.342 e. The second-order valence-corrected chi connectivity index (χ2v) is 10.3. The van der Waals surface area contributed by atoms with Crippen molar-refractivity contribution < 1.29 is 9.18 Å². The predicted molar refractivity (Wildman–Crippen MR) is 155 cm³/mol. The van der Waals surface area contributed by atoms with Gasteiger partial charge in [0.25, 0.3) is 11.5 Å². The number of piperidine rings is 1. The molecule has 1 saturated heterocycles. The van der Waals surface area contributed by atoms with Crippen molar-refractivity contribution in [1.29, 1.82) is 5.26 Å². The highest BCUT2D eigenvalue weighted by molar-refractivity contribution is 6.02. The summed E-state index contributed by atoms with van der Waals surface area (Å²) < 4.78 is 14.4. The molecule has 8 heteroatoms. The third-order valence-corrected chi connectivity index (χ3v) is 7.59. The van der Waals surface area contributed by atoms with Crippen molar-refractivity contribution in [2.75, 3.05) is 33.4 Å². The Hall–Kier alpha value is -3.57. The molecule has 0 aliphatic carbocycles. The van der Waals surface area contributed by atoms with Crippen molar-refractivity contribution in [3.8, 4) is 6.07 Å². The SMILES string of the molecule is C=CN=C(/C=C/CF)C1(C#N)CCN(Cc2cc(C(=O)N(C)CCCCCC)c(=O)n3cccc(C)c23)CC1. The maximum atomic E-state index is 13.4. The first-order valence-corrected chi connectivity index (χ1v) is 13.8. The van der Waals surface area contributed by atoms with Gasteiger partial charge >= 0.3 is 0 Å². The number of carbonyl (C=O) groups excluding carboxylic acids is 1. The molecular formula is C31H40FN5O2. The number of halogens is 1. The fraction of sp³-hybridized carbons (Fsp3) is 0.484. The molecule has 0 radical (unpaired) electrons. The molecule has 1 amide bonds. The lowest BCUT2D eigenvalue weighted by Crippen LogP contribution is -2.43. The average molecular weight is 534 g/mol. The topological polar surface area (TPSA) is 81.2 Å². The van der Waals surface area contributed by atoms with E-state index in [4.69, 9.17) is 0 Å². The van der Waals surface area contributed by atoms with Crippen molar-refractivity contribution in [2.45, 2.75) is 58.9 Å². The Morgan fingerprint density at radius 1 is 1.31 bits per heavy atom. The van der Waals surface area contributed by atoms with Crippen LogP contribution in [0.1, 0.15) is 66.9 Å². The number of nitriles is 1. The maximum Gasteiger partial charge on any atom is 0.267 e. The van der Waals surface area contributed by atoms with Crippen LogP contribution in [0.25, 0.3) is 5.52 Å². The number of aliphatic imine (C=N–C) groups is 1. The van der Waals surface area contributed by atoms with E-state index in [1.807, 2.05) is 19.1 Å². The van der Waals surface area contributed by atoms with Crippen molar-refractivity contribution in [1.82, 2.24) is 14.2 Å². The average Bonchev–Trinajstić information content (AvgIpc) is 2.95. The molecule has 1 aliphatic heterocycles. The first-order chi connectivity index (χ1) is 18.8. The minimum Gasteiger partial charge on any atom is -0.342 e. The Bertz CT molecular complexity index is 1330. The summed E-state index contributed by atoms with van der Waals surface area (Å²) in [5, 5.41) is 10.1. The van der Waals surface area contributed by atoms with Crippen molar-refractivity contribution in [2.24, 2.45) is 10.4 Å². The van der Waals surface area contributed by atoms with Crippen LogP contribution >= 0.6 is 0 Å². The normalized spacial score (nSPS) is 15.9. The van der Waals surface area contributed by atoms with Gasteiger partial charge in [0.15, 0.2) is 0 Å². The van der Waals surface area contributed by atoms with Crippen LogP contribution in [0.5, 0.6) is 0 Å². The molecule has 2 aromatic rings. The molecule has 0 bridgehead atoms. The van der Waals surface area contributed by atoms with E-state index in [0.717, 1.165) is 42.3 Å². The van der Waals surface area contributed by atoms with E-state index in [2.05, 4.69) is 29.5 Å². The van der Waals surface area contributed by atoms with Gasteiger partial charge in [-0.2, -0.15) is 5.26 Å². The summed E-state index contributed by atoms with van der Waals surface area (Å²) in [7, 11) is 1.75. The summed E-state index contributed by atoms with van der Waals surface area (Å²) in [6.45, 7) is 9.51. The number of unbranched alkanes of at least 4 members (excludes halogenated alkanes) is 3. The zero-order chi connectivity index (χ0) is 28.4. The maximum absolute atomic E-state index is 13.4. The van der Waals surface area contributed by atoms with Crippen LogP contribution in [0.4, 0.5) is 4.39 Å². The standard InChI is InChI=1S/C31H40FN5O2/c1-5-7-8-9-17-35(4)29(38)26-21-25(28-24(3)12-11-18-37(28)30(26)39)22-36-19-14-31(23-33,15-20-36)27(34-6-2)13-10-16-32/h6,10-13,18,21H,2,5,7-9,14-17,19-20,22H2,1,3-4H3/b13-10+,34-27?. The Labute approximate surface area is 230 Å². The Kier molecular flexibility index (Phi) is 10.8. The van der Waals surface area contributed by atoms with Crippen molar-refractivity contribution >= 4 is 17.1 Å². The van der Waals surface area contributed by atoms with Crippen molar-refractivity contribution in [3.05, 3.63) is 76.4 Å². The number of aromatic nitrogens is 1.